The molecule has 1 aliphatic rings. The van der Waals surface area contributed by atoms with E-state index in [0.717, 1.165) is 16.9 Å². The van der Waals surface area contributed by atoms with E-state index in [1.165, 1.54) is 0 Å². The third-order valence-corrected chi connectivity index (χ3v) is 3.45. The molecule has 5 heteroatoms. The van der Waals surface area contributed by atoms with Crippen LogP contribution in [0.4, 0.5) is 11.4 Å². The third-order valence-electron chi connectivity index (χ3n) is 3.45. The molecule has 2 N–H and O–H groups in total. The van der Waals surface area contributed by atoms with Crippen molar-refractivity contribution in [2.45, 2.75) is 19.8 Å². The van der Waals surface area contributed by atoms with Gasteiger partial charge in [-0.15, -0.1) is 0 Å². The van der Waals surface area contributed by atoms with Gasteiger partial charge < -0.3 is 15.3 Å². The fourth-order valence-electron chi connectivity index (χ4n) is 2.27. The van der Waals surface area contributed by atoms with Gasteiger partial charge in [0.2, 0.25) is 5.91 Å². The molecule has 1 aromatic carbocycles. The average Bonchev–Trinajstić information content (AvgIpc) is 2.41. The molecule has 0 fully saturated rings. The summed E-state index contributed by atoms with van der Waals surface area (Å²) in [7, 11) is 1.85. The zero-order valence-corrected chi connectivity index (χ0v) is 11.1. The summed E-state index contributed by atoms with van der Waals surface area (Å²) in [5.74, 6) is -1.46. The number of hydrogen-bond donors (Lipinski definition) is 2. The van der Waals surface area contributed by atoms with Gasteiger partial charge in [-0.25, -0.2) is 0 Å². The number of fused-ring (bicyclic) bond motifs is 1. The Bertz CT molecular complexity index is 513. The largest absolute Gasteiger partial charge is 0.481 e. The second-order valence-corrected chi connectivity index (χ2v) is 4.84. The molecule has 1 heterocycles. The predicted octanol–water partition coefficient (Wildman–Crippen LogP) is 1.73. The molecule has 0 bridgehead atoms. The molecule has 0 radical (unpaired) electrons. The number of aryl methyl sites for hydroxylation is 1. The molecular formula is C14H18N2O3. The average molecular weight is 262 g/mol. The van der Waals surface area contributed by atoms with Crippen LogP contribution in [0.5, 0.6) is 0 Å². The summed E-state index contributed by atoms with van der Waals surface area (Å²) in [6.07, 6.45) is 1.15. The summed E-state index contributed by atoms with van der Waals surface area (Å²) in [6, 6.07) is 5.79. The lowest BCUT2D eigenvalue weighted by Crippen LogP contribution is -2.39. The second-order valence-electron chi connectivity index (χ2n) is 4.84. The van der Waals surface area contributed by atoms with Crippen LogP contribution < -0.4 is 10.2 Å². The topological polar surface area (TPSA) is 69.6 Å². The van der Waals surface area contributed by atoms with E-state index in [-0.39, 0.29) is 12.5 Å². The van der Waals surface area contributed by atoms with Crippen LogP contribution in [0.1, 0.15) is 18.9 Å². The highest BCUT2D eigenvalue weighted by Gasteiger charge is 2.27. The van der Waals surface area contributed by atoms with Gasteiger partial charge in [-0.1, -0.05) is 6.92 Å². The van der Waals surface area contributed by atoms with Gasteiger partial charge in [0.25, 0.3) is 0 Å². The van der Waals surface area contributed by atoms with Crippen molar-refractivity contribution in [3.63, 3.8) is 0 Å². The minimum atomic E-state index is -0.883. The first kappa shape index (κ1) is 13.4. The van der Waals surface area contributed by atoms with E-state index in [0.29, 0.717) is 12.8 Å². The van der Waals surface area contributed by atoms with Crippen molar-refractivity contribution in [2.75, 3.05) is 23.8 Å². The molecule has 1 amide bonds. The Labute approximate surface area is 112 Å². The highest BCUT2D eigenvalue weighted by molar-refractivity contribution is 5.97. The Balaban J connectivity index is 2.30. The number of nitrogens with zero attached hydrogens (tertiary/aromatic N) is 1. The summed E-state index contributed by atoms with van der Waals surface area (Å²) in [4.78, 5) is 24.5. The molecule has 1 aromatic rings. The maximum Gasteiger partial charge on any atom is 0.308 e. The van der Waals surface area contributed by atoms with Gasteiger partial charge in [0, 0.05) is 31.4 Å². The molecule has 0 aliphatic carbocycles. The monoisotopic (exact) mass is 262 g/mol. The number of carbonyl (C=O) groups excluding carboxylic acids is 1. The zero-order valence-electron chi connectivity index (χ0n) is 11.1. The highest BCUT2D eigenvalue weighted by atomic mass is 16.4. The van der Waals surface area contributed by atoms with Crippen LogP contribution in [-0.4, -0.2) is 30.6 Å². The number of carboxylic acids is 1. The highest BCUT2D eigenvalue weighted by Crippen LogP contribution is 2.30. The van der Waals surface area contributed by atoms with Crippen molar-refractivity contribution in [3.05, 3.63) is 23.8 Å². The van der Waals surface area contributed by atoms with Gasteiger partial charge in [-0.3, -0.25) is 9.59 Å². The lowest BCUT2D eigenvalue weighted by Gasteiger charge is -2.31. The second kappa shape index (κ2) is 5.30. The number of aliphatic carboxylic acids is 1. The number of benzene rings is 1. The van der Waals surface area contributed by atoms with Crippen LogP contribution in [0.25, 0.3) is 0 Å². The van der Waals surface area contributed by atoms with Crippen LogP contribution in [0, 0.1) is 5.92 Å². The van der Waals surface area contributed by atoms with Gasteiger partial charge in [0.05, 0.1) is 5.92 Å². The number of amides is 1. The standard InChI is InChI=1S/C14H18N2O3/c1-9(14(18)19)8-16-12-5-4-11(15-2)7-10(12)3-6-13(16)17/h4-5,7,9,15H,3,6,8H2,1-2H3,(H,18,19). The van der Waals surface area contributed by atoms with Gasteiger partial charge in [0.1, 0.15) is 0 Å². The van der Waals surface area contributed by atoms with Crippen molar-refractivity contribution in [1.29, 1.82) is 0 Å². The fraction of sp³-hybridized carbons (Fsp3) is 0.429. The first-order valence-electron chi connectivity index (χ1n) is 6.36. The van der Waals surface area contributed by atoms with Crippen molar-refractivity contribution in [1.82, 2.24) is 0 Å². The number of carbonyl (C=O) groups is 2. The molecule has 5 nitrogen and oxygen atoms in total. The van der Waals surface area contributed by atoms with Gasteiger partial charge in [0.15, 0.2) is 0 Å². The minimum absolute atomic E-state index is 0.00203. The van der Waals surface area contributed by atoms with Crippen LogP contribution in [0.2, 0.25) is 0 Å². The maximum atomic E-state index is 12.0. The summed E-state index contributed by atoms with van der Waals surface area (Å²) >= 11 is 0. The van der Waals surface area contributed by atoms with E-state index in [1.807, 2.05) is 25.2 Å². The molecule has 19 heavy (non-hydrogen) atoms. The van der Waals surface area contributed by atoms with Crippen molar-refractivity contribution < 1.29 is 14.7 Å². The molecule has 0 saturated heterocycles. The van der Waals surface area contributed by atoms with Gasteiger partial charge in [-0.2, -0.15) is 0 Å². The summed E-state index contributed by atoms with van der Waals surface area (Å²) in [6.45, 7) is 1.84. The SMILES string of the molecule is CNc1ccc2c(c1)CCC(=O)N2CC(C)C(=O)O. The molecule has 2 rings (SSSR count). The number of anilines is 2. The van der Waals surface area contributed by atoms with E-state index in [4.69, 9.17) is 5.11 Å². The normalized spacial score (nSPS) is 15.9. The molecule has 102 valence electrons. The Morgan fingerprint density at radius 1 is 1.47 bits per heavy atom. The Kier molecular flexibility index (Phi) is 3.74. The minimum Gasteiger partial charge on any atom is -0.481 e. The summed E-state index contributed by atoms with van der Waals surface area (Å²) in [5.41, 5.74) is 2.92. The van der Waals surface area contributed by atoms with Gasteiger partial charge in [-0.05, 0) is 30.2 Å². The van der Waals surface area contributed by atoms with E-state index in [9.17, 15) is 9.59 Å². The van der Waals surface area contributed by atoms with Crippen LogP contribution >= 0.6 is 0 Å². The molecule has 1 atom stereocenters. The maximum absolute atomic E-state index is 12.0. The van der Waals surface area contributed by atoms with Crippen molar-refractivity contribution >= 4 is 23.3 Å². The molecule has 0 spiro atoms. The zero-order chi connectivity index (χ0) is 14.0. The number of hydrogen-bond acceptors (Lipinski definition) is 3. The third kappa shape index (κ3) is 2.70. The van der Waals surface area contributed by atoms with E-state index in [1.54, 1.807) is 11.8 Å². The number of carboxylic acid groups (broad SMARTS) is 1. The quantitative estimate of drug-likeness (QED) is 0.867. The Hall–Kier alpha value is -2.04. The lowest BCUT2D eigenvalue weighted by molar-refractivity contribution is -0.140. The first-order valence-corrected chi connectivity index (χ1v) is 6.36. The molecule has 1 unspecified atom stereocenters. The van der Waals surface area contributed by atoms with Crippen LogP contribution in [0.3, 0.4) is 0 Å². The lowest BCUT2D eigenvalue weighted by atomic mass is 9.99. The van der Waals surface area contributed by atoms with Gasteiger partial charge >= 0.3 is 5.97 Å². The van der Waals surface area contributed by atoms with E-state index >= 15 is 0 Å². The van der Waals surface area contributed by atoms with Crippen LogP contribution in [-0.2, 0) is 16.0 Å². The first-order chi connectivity index (χ1) is 9.02. The Morgan fingerprint density at radius 3 is 2.84 bits per heavy atom. The molecule has 1 aliphatic heterocycles. The fourth-order valence-corrected chi connectivity index (χ4v) is 2.27. The molecular weight excluding hydrogens is 244 g/mol. The van der Waals surface area contributed by atoms with Crippen LogP contribution in [0.15, 0.2) is 18.2 Å². The Morgan fingerprint density at radius 2 is 2.21 bits per heavy atom. The molecule has 0 aromatic heterocycles. The number of nitrogens with one attached hydrogen (secondary N) is 1. The van der Waals surface area contributed by atoms with Crippen molar-refractivity contribution in [2.24, 2.45) is 5.92 Å². The summed E-state index contributed by atoms with van der Waals surface area (Å²) < 4.78 is 0. The van der Waals surface area contributed by atoms with E-state index < -0.39 is 11.9 Å². The number of rotatable bonds is 4. The smallest absolute Gasteiger partial charge is 0.308 e. The predicted molar refractivity (Wildman–Crippen MR) is 73.5 cm³/mol. The molecule has 0 saturated carbocycles. The van der Waals surface area contributed by atoms with E-state index in [2.05, 4.69) is 5.32 Å². The summed E-state index contributed by atoms with van der Waals surface area (Å²) in [5, 5.41) is 12.0. The van der Waals surface area contributed by atoms with Crippen molar-refractivity contribution in [3.8, 4) is 0 Å².